The maximum Gasteiger partial charge on any atom is 0.297 e. The van der Waals surface area contributed by atoms with Gasteiger partial charge in [0.1, 0.15) is 0 Å². The van der Waals surface area contributed by atoms with Gasteiger partial charge >= 0.3 is 0 Å². The lowest BCUT2D eigenvalue weighted by molar-refractivity contribution is -0.384. The highest BCUT2D eigenvalue weighted by atomic mass is 32.1. The lowest BCUT2D eigenvalue weighted by Crippen LogP contribution is -2.21. The second-order valence-electron chi connectivity index (χ2n) is 7.86. The van der Waals surface area contributed by atoms with Crippen LogP contribution in [-0.2, 0) is 7.05 Å². The lowest BCUT2D eigenvalue weighted by atomic mass is 10.1. The average Bonchev–Trinajstić information content (AvgIpc) is 3.34. The van der Waals surface area contributed by atoms with E-state index in [9.17, 15) is 14.9 Å². The van der Waals surface area contributed by atoms with E-state index in [1.54, 1.807) is 16.8 Å². The van der Waals surface area contributed by atoms with Crippen LogP contribution in [0.1, 0.15) is 32.0 Å². The molecule has 0 saturated carbocycles. The molecule has 4 aromatic rings. The Morgan fingerprint density at radius 2 is 1.79 bits per heavy atom. The van der Waals surface area contributed by atoms with E-state index in [1.165, 1.54) is 23.5 Å². The zero-order chi connectivity index (χ0) is 23.7. The van der Waals surface area contributed by atoms with Crippen molar-refractivity contribution in [1.29, 1.82) is 0 Å². The van der Waals surface area contributed by atoms with Crippen LogP contribution in [0, 0.1) is 17.0 Å². The molecule has 0 bridgehead atoms. The molecular weight excluding hydrogens is 438 g/mol. The molecule has 170 valence electrons. The van der Waals surface area contributed by atoms with Gasteiger partial charge in [0.05, 0.1) is 22.0 Å². The van der Waals surface area contributed by atoms with E-state index in [0.29, 0.717) is 10.5 Å². The van der Waals surface area contributed by atoms with E-state index in [4.69, 9.17) is 4.99 Å². The quantitative estimate of drug-likeness (QED) is 0.293. The van der Waals surface area contributed by atoms with Crippen LogP contribution in [0.2, 0.25) is 0 Å². The van der Waals surface area contributed by atoms with Crippen molar-refractivity contribution in [2.45, 2.75) is 33.2 Å². The first-order valence-electron chi connectivity index (χ1n) is 10.7. The highest BCUT2D eigenvalue weighted by Crippen LogP contribution is 2.27. The zero-order valence-corrected chi connectivity index (χ0v) is 19.7. The lowest BCUT2D eigenvalue weighted by Gasteiger charge is -2.15. The number of aromatic nitrogens is 3. The van der Waals surface area contributed by atoms with Gasteiger partial charge < -0.3 is 4.57 Å². The molecule has 2 aromatic carbocycles. The third kappa shape index (κ3) is 4.07. The minimum Gasteiger partial charge on any atom is -0.314 e. The van der Waals surface area contributed by atoms with Crippen LogP contribution in [0.15, 0.2) is 69.8 Å². The number of nitro groups is 1. The number of para-hydroxylation sites is 1. The van der Waals surface area contributed by atoms with Gasteiger partial charge in [-0.15, -0.1) is 11.3 Å². The Balaban J connectivity index is 1.89. The predicted molar refractivity (Wildman–Crippen MR) is 130 cm³/mol. The van der Waals surface area contributed by atoms with E-state index in [-0.39, 0.29) is 17.3 Å². The first kappa shape index (κ1) is 22.5. The number of hydrogen-bond donors (Lipinski definition) is 0. The molecule has 0 amide bonds. The number of rotatable bonds is 6. The third-order valence-corrected chi connectivity index (χ3v) is 6.72. The van der Waals surface area contributed by atoms with Gasteiger partial charge in [-0.3, -0.25) is 19.6 Å². The summed E-state index contributed by atoms with van der Waals surface area (Å²) in [6, 6.07) is 16.1. The fourth-order valence-electron chi connectivity index (χ4n) is 3.75. The van der Waals surface area contributed by atoms with Crippen LogP contribution in [0.25, 0.3) is 16.9 Å². The maximum absolute atomic E-state index is 13.3. The van der Waals surface area contributed by atoms with Gasteiger partial charge in [-0.1, -0.05) is 25.1 Å². The Kier molecular flexibility index (Phi) is 6.15. The van der Waals surface area contributed by atoms with Crippen molar-refractivity contribution in [3.05, 3.63) is 90.9 Å². The van der Waals surface area contributed by atoms with E-state index in [0.717, 1.165) is 29.1 Å². The van der Waals surface area contributed by atoms with Crippen LogP contribution < -0.4 is 10.4 Å². The molecule has 0 N–H and O–H groups in total. The number of thiazole rings is 1. The standard InChI is InChI=1S/C24H25N5O3S/c1-5-16(2)27-21(18-11-13-20(14-12-18)29(31)32)15-33-24(27)25-22-17(3)26(4)28(23(22)30)19-9-7-6-8-10-19/h6-16H,5H2,1-4H3. The van der Waals surface area contributed by atoms with Gasteiger partial charge in [-0.25, -0.2) is 9.67 Å². The minimum atomic E-state index is -0.406. The molecule has 9 heteroatoms. The second-order valence-corrected chi connectivity index (χ2v) is 8.69. The molecule has 0 radical (unpaired) electrons. The van der Waals surface area contributed by atoms with Gasteiger partial charge in [-0.05, 0) is 50.1 Å². The molecular formula is C24H25N5O3S. The fourth-order valence-corrected chi connectivity index (χ4v) is 4.76. The molecule has 1 unspecified atom stereocenters. The van der Waals surface area contributed by atoms with Crippen molar-refractivity contribution in [1.82, 2.24) is 13.9 Å². The Labute approximate surface area is 194 Å². The molecule has 0 aliphatic rings. The average molecular weight is 464 g/mol. The molecule has 0 aliphatic heterocycles. The van der Waals surface area contributed by atoms with E-state index in [1.807, 2.05) is 54.4 Å². The maximum atomic E-state index is 13.3. The van der Waals surface area contributed by atoms with Crippen molar-refractivity contribution in [3.63, 3.8) is 0 Å². The van der Waals surface area contributed by atoms with Crippen LogP contribution in [0.3, 0.4) is 0 Å². The van der Waals surface area contributed by atoms with Gasteiger partial charge in [0.2, 0.25) is 0 Å². The summed E-state index contributed by atoms with van der Waals surface area (Å²) in [4.78, 5) is 29.5. The monoisotopic (exact) mass is 463 g/mol. The van der Waals surface area contributed by atoms with Crippen molar-refractivity contribution in [2.75, 3.05) is 0 Å². The normalized spacial score (nSPS) is 12.8. The van der Waals surface area contributed by atoms with Crippen LogP contribution >= 0.6 is 11.3 Å². The van der Waals surface area contributed by atoms with Crippen molar-refractivity contribution in [3.8, 4) is 16.9 Å². The van der Waals surface area contributed by atoms with E-state index in [2.05, 4.69) is 18.4 Å². The molecule has 0 saturated heterocycles. The Hall–Kier alpha value is -3.72. The number of non-ortho nitro benzene ring substituents is 1. The van der Waals surface area contributed by atoms with Crippen molar-refractivity contribution >= 4 is 22.7 Å². The number of benzene rings is 2. The number of hydrogen-bond acceptors (Lipinski definition) is 5. The SMILES string of the molecule is CCC(C)n1c(-c2ccc([N+](=O)[O-])cc2)csc1=Nc1c(C)n(C)n(-c2ccccc2)c1=O. The minimum absolute atomic E-state index is 0.0513. The summed E-state index contributed by atoms with van der Waals surface area (Å²) in [5, 5.41) is 13.0. The van der Waals surface area contributed by atoms with Crippen LogP contribution in [0.5, 0.6) is 0 Å². The van der Waals surface area contributed by atoms with Gasteiger partial charge in [0.15, 0.2) is 10.5 Å². The molecule has 2 aromatic heterocycles. The molecule has 8 nitrogen and oxygen atoms in total. The number of nitrogens with zero attached hydrogens (tertiary/aromatic N) is 5. The summed E-state index contributed by atoms with van der Waals surface area (Å²) in [7, 11) is 1.85. The highest BCUT2D eigenvalue weighted by molar-refractivity contribution is 7.07. The molecule has 1 atom stereocenters. The molecule has 2 heterocycles. The molecule has 4 rings (SSSR count). The predicted octanol–water partition coefficient (Wildman–Crippen LogP) is 5.13. The van der Waals surface area contributed by atoms with E-state index >= 15 is 0 Å². The van der Waals surface area contributed by atoms with Crippen LogP contribution in [-0.4, -0.2) is 18.9 Å². The highest BCUT2D eigenvalue weighted by Gasteiger charge is 2.18. The smallest absolute Gasteiger partial charge is 0.297 e. The van der Waals surface area contributed by atoms with Crippen molar-refractivity contribution in [2.24, 2.45) is 12.0 Å². The zero-order valence-electron chi connectivity index (χ0n) is 18.9. The summed E-state index contributed by atoms with van der Waals surface area (Å²) in [6.45, 7) is 6.08. The van der Waals surface area contributed by atoms with Gasteiger partial charge in [-0.2, -0.15) is 0 Å². The summed E-state index contributed by atoms with van der Waals surface area (Å²) >= 11 is 1.45. The first-order valence-corrected chi connectivity index (χ1v) is 11.5. The first-order chi connectivity index (χ1) is 15.8. The van der Waals surface area contributed by atoms with Crippen LogP contribution in [0.4, 0.5) is 11.4 Å². The molecule has 0 aliphatic carbocycles. The topological polar surface area (TPSA) is 87.4 Å². The largest absolute Gasteiger partial charge is 0.314 e. The number of nitro benzene ring substituents is 1. The van der Waals surface area contributed by atoms with Gasteiger partial charge in [0, 0.05) is 30.6 Å². The molecule has 33 heavy (non-hydrogen) atoms. The summed E-state index contributed by atoms with van der Waals surface area (Å²) in [6.07, 6.45) is 0.867. The fraction of sp³-hybridized carbons (Fsp3) is 0.250. The Bertz CT molecular complexity index is 1430. The Morgan fingerprint density at radius 3 is 2.39 bits per heavy atom. The summed E-state index contributed by atoms with van der Waals surface area (Å²) < 4.78 is 5.53. The summed E-state index contributed by atoms with van der Waals surface area (Å²) in [5.41, 5.74) is 3.60. The van der Waals surface area contributed by atoms with Gasteiger partial charge in [0.25, 0.3) is 11.2 Å². The Morgan fingerprint density at radius 1 is 1.12 bits per heavy atom. The second kappa shape index (κ2) is 9.03. The third-order valence-electron chi connectivity index (χ3n) is 5.88. The molecule has 0 fully saturated rings. The van der Waals surface area contributed by atoms with Crippen molar-refractivity contribution < 1.29 is 4.92 Å². The summed E-state index contributed by atoms with van der Waals surface area (Å²) in [5.74, 6) is 0. The molecule has 0 spiro atoms. The van der Waals surface area contributed by atoms with E-state index < -0.39 is 4.92 Å².